The number of aliphatic hydroxyl groups is 1. The molecule has 0 spiro atoms. The van der Waals surface area contributed by atoms with E-state index >= 15 is 4.79 Å². The van der Waals surface area contributed by atoms with E-state index in [1.54, 1.807) is 36.4 Å². The highest BCUT2D eigenvalue weighted by Gasteiger charge is 2.70. The van der Waals surface area contributed by atoms with Gasteiger partial charge in [0.25, 0.3) is 0 Å². The van der Waals surface area contributed by atoms with Gasteiger partial charge in [-0.3, -0.25) is 19.2 Å². The van der Waals surface area contributed by atoms with Crippen molar-refractivity contribution in [3.05, 3.63) is 107 Å². The van der Waals surface area contributed by atoms with Crippen LogP contribution >= 0.6 is 11.6 Å². The summed E-state index contributed by atoms with van der Waals surface area (Å²) in [5.41, 5.74) is 0.761. The Kier molecular flexibility index (Phi) is 7.72. The van der Waals surface area contributed by atoms with E-state index in [0.717, 1.165) is 7.11 Å². The lowest BCUT2D eigenvalue weighted by molar-refractivity contribution is -0.138. The van der Waals surface area contributed by atoms with Crippen LogP contribution in [0.1, 0.15) is 29.9 Å². The summed E-state index contributed by atoms with van der Waals surface area (Å²) in [6, 6.07) is 22.8. The first-order chi connectivity index (χ1) is 22.7. The van der Waals surface area contributed by atoms with Crippen LogP contribution in [0.25, 0.3) is 0 Å². The Balaban J connectivity index is 1.50. The Bertz CT molecular complexity index is 1840. The molecule has 3 fully saturated rings. The van der Waals surface area contributed by atoms with Gasteiger partial charge in [-0.05, 0) is 48.6 Å². The summed E-state index contributed by atoms with van der Waals surface area (Å²) in [4.78, 5) is 71.7. The number of allylic oxidation sites excluding steroid dienone is 2. The number of rotatable bonds is 6. The van der Waals surface area contributed by atoms with E-state index in [2.05, 4.69) is 0 Å². The highest BCUT2D eigenvalue weighted by Crippen LogP contribution is 2.65. The summed E-state index contributed by atoms with van der Waals surface area (Å²) < 4.78 is 10.8. The maximum Gasteiger partial charge on any atom is 0.423 e. The van der Waals surface area contributed by atoms with Gasteiger partial charge in [0.15, 0.2) is 0 Å². The Labute approximate surface area is 275 Å². The first-order valence-corrected chi connectivity index (χ1v) is 15.8. The molecule has 0 unspecified atom stereocenters. The number of hydrogen-bond donors (Lipinski definition) is 1. The van der Waals surface area contributed by atoms with Crippen molar-refractivity contribution in [1.29, 1.82) is 0 Å². The number of halogens is 1. The van der Waals surface area contributed by atoms with Crippen molar-refractivity contribution in [1.82, 2.24) is 4.90 Å². The molecule has 6 atom stereocenters. The molecule has 3 aromatic carbocycles. The van der Waals surface area contributed by atoms with E-state index in [-0.39, 0.29) is 26.1 Å². The van der Waals surface area contributed by atoms with Crippen LogP contribution in [0, 0.1) is 23.7 Å². The van der Waals surface area contributed by atoms with Crippen molar-refractivity contribution in [2.75, 3.05) is 25.2 Å². The quantitative estimate of drug-likeness (QED) is 0.301. The average Bonchev–Trinajstić information content (AvgIpc) is 3.48. The van der Waals surface area contributed by atoms with Crippen LogP contribution in [0.3, 0.4) is 0 Å². The number of fused-ring (bicyclic) bond motifs is 4. The van der Waals surface area contributed by atoms with Gasteiger partial charge in [-0.25, -0.2) is 9.69 Å². The van der Waals surface area contributed by atoms with E-state index in [1.165, 1.54) is 4.90 Å². The van der Waals surface area contributed by atoms with Gasteiger partial charge in [-0.2, -0.15) is 4.90 Å². The van der Waals surface area contributed by atoms with E-state index in [9.17, 15) is 24.3 Å². The van der Waals surface area contributed by atoms with Gasteiger partial charge in [0.2, 0.25) is 23.6 Å². The molecule has 47 heavy (non-hydrogen) atoms. The number of para-hydroxylation sites is 1. The number of hydrogen-bond acceptors (Lipinski definition) is 8. The number of carbonyl (C=O) groups is 5. The number of ether oxygens (including phenoxy) is 2. The monoisotopic (exact) mass is 654 g/mol. The minimum atomic E-state index is -1.48. The Morgan fingerprint density at radius 1 is 0.936 bits per heavy atom. The summed E-state index contributed by atoms with van der Waals surface area (Å²) in [5, 5.41) is 9.99. The fourth-order valence-corrected chi connectivity index (χ4v) is 8.55. The molecule has 4 aliphatic rings. The zero-order valence-electron chi connectivity index (χ0n) is 25.4. The maximum absolute atomic E-state index is 15.3. The molecule has 2 saturated heterocycles. The zero-order valence-corrected chi connectivity index (χ0v) is 26.1. The molecule has 2 heterocycles. The Hall–Kier alpha value is -4.80. The maximum atomic E-state index is 15.3. The molecule has 1 N–H and O–H groups in total. The molecular formula is C36H31ClN2O8. The molecule has 0 aromatic heterocycles. The van der Waals surface area contributed by atoms with Crippen LogP contribution in [0.2, 0.25) is 5.02 Å². The average molecular weight is 655 g/mol. The molecule has 0 bridgehead atoms. The summed E-state index contributed by atoms with van der Waals surface area (Å²) in [5.74, 6) is -6.02. The number of amides is 5. The number of anilines is 1. The number of aliphatic hydroxyl groups excluding tert-OH is 1. The standard InChI is InChI=1S/C36H31ClN2O8/c1-46-35(45)39-31(41)25-15-14-23-26(29(25)33(39)43)19-27-32(42)38(22-11-7-10-21(37)18-22)34(44)36(27,20-8-3-2-4-9-20)30(23)24-12-5-6-13-28(24)47-17-16-40/h2-14,18,25-27,29-30,40H,15-17,19H2,1H3/t25-,26+,27-,29-,30+,36+/m0/s1. The van der Waals surface area contributed by atoms with Crippen molar-refractivity contribution in [2.24, 2.45) is 23.7 Å². The minimum absolute atomic E-state index is 0.0126. The Morgan fingerprint density at radius 2 is 1.68 bits per heavy atom. The second-order valence-corrected chi connectivity index (χ2v) is 12.6. The third kappa shape index (κ3) is 4.46. The van der Waals surface area contributed by atoms with Crippen molar-refractivity contribution < 1.29 is 38.6 Å². The smallest absolute Gasteiger partial charge is 0.423 e. The predicted molar refractivity (Wildman–Crippen MR) is 169 cm³/mol. The second-order valence-electron chi connectivity index (χ2n) is 12.2. The molecule has 3 aromatic rings. The van der Waals surface area contributed by atoms with Gasteiger partial charge in [-0.15, -0.1) is 0 Å². The van der Waals surface area contributed by atoms with Gasteiger partial charge < -0.3 is 14.6 Å². The van der Waals surface area contributed by atoms with E-state index < -0.39 is 64.7 Å². The molecule has 240 valence electrons. The van der Waals surface area contributed by atoms with E-state index in [0.29, 0.717) is 38.1 Å². The van der Waals surface area contributed by atoms with Crippen molar-refractivity contribution in [3.63, 3.8) is 0 Å². The van der Waals surface area contributed by atoms with Crippen LogP contribution in [0.5, 0.6) is 5.75 Å². The number of carbonyl (C=O) groups excluding carboxylic acids is 5. The summed E-state index contributed by atoms with van der Waals surface area (Å²) >= 11 is 6.35. The number of nitrogens with zero attached hydrogens (tertiary/aromatic N) is 2. The predicted octanol–water partition coefficient (Wildman–Crippen LogP) is 4.64. The molecule has 0 radical (unpaired) electrons. The summed E-state index contributed by atoms with van der Waals surface area (Å²) in [6.45, 7) is -0.262. The summed E-state index contributed by atoms with van der Waals surface area (Å²) in [6.07, 6.45) is 1.07. The Morgan fingerprint density at radius 3 is 2.40 bits per heavy atom. The second kappa shape index (κ2) is 11.8. The highest BCUT2D eigenvalue weighted by molar-refractivity contribution is 6.32. The first kappa shape index (κ1) is 30.8. The highest BCUT2D eigenvalue weighted by atomic mass is 35.5. The number of methoxy groups -OCH3 is 1. The minimum Gasteiger partial charge on any atom is -0.491 e. The largest absolute Gasteiger partial charge is 0.491 e. The molecule has 2 aliphatic heterocycles. The fraction of sp³-hybridized carbons (Fsp3) is 0.306. The number of benzene rings is 3. The molecular weight excluding hydrogens is 624 g/mol. The van der Waals surface area contributed by atoms with Crippen LogP contribution in [0.4, 0.5) is 10.5 Å². The van der Waals surface area contributed by atoms with Gasteiger partial charge in [0.1, 0.15) is 12.4 Å². The van der Waals surface area contributed by atoms with Crippen molar-refractivity contribution >= 4 is 47.0 Å². The van der Waals surface area contributed by atoms with Crippen molar-refractivity contribution in [3.8, 4) is 5.75 Å². The van der Waals surface area contributed by atoms with E-state index in [4.69, 9.17) is 21.1 Å². The SMILES string of the molecule is COC(=O)N1C(=O)[C@H]2[C@H](CC=C3[C@H]2C[C@H]2C(=O)N(c4cccc(Cl)c4)C(=O)[C@@]2(c2ccccc2)[C@H]3c2ccccc2OCCO)C1=O. The topological polar surface area (TPSA) is 131 Å². The third-order valence-corrected chi connectivity index (χ3v) is 10.3. The molecule has 10 nitrogen and oxygen atoms in total. The van der Waals surface area contributed by atoms with Crippen molar-refractivity contribution in [2.45, 2.75) is 24.2 Å². The molecule has 11 heteroatoms. The number of imide groups is 4. The van der Waals surface area contributed by atoms with E-state index in [1.807, 2.05) is 48.5 Å². The van der Waals surface area contributed by atoms with Crippen LogP contribution in [0.15, 0.2) is 90.5 Å². The molecule has 5 amide bonds. The lowest BCUT2D eigenvalue weighted by atomic mass is 9.49. The number of likely N-dealkylation sites (tertiary alicyclic amines) is 1. The van der Waals surface area contributed by atoms with Crippen LogP contribution < -0.4 is 9.64 Å². The fourth-order valence-electron chi connectivity index (χ4n) is 8.37. The molecule has 2 aliphatic carbocycles. The van der Waals surface area contributed by atoms with Gasteiger partial charge in [0.05, 0.1) is 42.6 Å². The van der Waals surface area contributed by atoms with Gasteiger partial charge >= 0.3 is 6.09 Å². The summed E-state index contributed by atoms with van der Waals surface area (Å²) in [7, 11) is 1.11. The zero-order chi connectivity index (χ0) is 33.0. The lowest BCUT2D eigenvalue weighted by Gasteiger charge is -2.51. The molecule has 1 saturated carbocycles. The third-order valence-electron chi connectivity index (χ3n) is 10.1. The lowest BCUT2D eigenvalue weighted by Crippen LogP contribution is -2.53. The van der Waals surface area contributed by atoms with Crippen LogP contribution in [-0.2, 0) is 29.3 Å². The van der Waals surface area contributed by atoms with Gasteiger partial charge in [0, 0.05) is 16.5 Å². The van der Waals surface area contributed by atoms with Crippen LogP contribution in [-0.4, -0.2) is 60.1 Å². The van der Waals surface area contributed by atoms with Gasteiger partial charge in [-0.1, -0.05) is 77.8 Å². The first-order valence-electron chi connectivity index (χ1n) is 15.4. The molecule has 7 rings (SSSR count). The normalized spacial score (nSPS) is 28.1.